The van der Waals surface area contributed by atoms with E-state index in [0.717, 1.165) is 5.56 Å². The Labute approximate surface area is 132 Å². The number of carbonyl (C=O) groups is 1. The quantitative estimate of drug-likeness (QED) is 0.692. The number of anilines is 1. The van der Waals surface area contributed by atoms with Gasteiger partial charge in [0.15, 0.2) is 0 Å². The Bertz CT molecular complexity index is 915. The number of H-pyrrole nitrogens is 1. The average Bonchev–Trinajstić information content (AvgIpc) is 2.57. The molecule has 0 fully saturated rings. The van der Waals surface area contributed by atoms with Crippen LogP contribution >= 0.6 is 0 Å². The molecule has 1 aromatic heterocycles. The molecule has 5 nitrogen and oxygen atoms in total. The molecule has 0 aliphatic carbocycles. The topological polar surface area (TPSA) is 82.2 Å². The lowest BCUT2D eigenvalue weighted by molar-refractivity contribution is 0.102. The average molecular weight is 308 g/mol. The van der Waals surface area contributed by atoms with E-state index in [0.29, 0.717) is 23.0 Å². The summed E-state index contributed by atoms with van der Waals surface area (Å²) in [6.45, 7) is -0.0105. The van der Waals surface area contributed by atoms with Crippen LogP contribution in [0.5, 0.6) is 0 Å². The fraction of sp³-hybridized carbons (Fsp3) is 0.111. The van der Waals surface area contributed by atoms with Gasteiger partial charge in [0.05, 0.1) is 0 Å². The van der Waals surface area contributed by atoms with Gasteiger partial charge in [0.25, 0.3) is 5.91 Å². The van der Waals surface area contributed by atoms with Crippen LogP contribution in [-0.4, -0.2) is 22.6 Å². The third-order valence-corrected chi connectivity index (χ3v) is 3.68. The Balaban J connectivity index is 1.96. The van der Waals surface area contributed by atoms with E-state index in [1.165, 1.54) is 6.20 Å². The molecule has 5 heteroatoms. The number of rotatable bonds is 4. The second-order valence-corrected chi connectivity index (χ2v) is 5.16. The van der Waals surface area contributed by atoms with E-state index < -0.39 is 5.91 Å². The Hall–Kier alpha value is -2.92. The first kappa shape index (κ1) is 15.0. The first-order valence-corrected chi connectivity index (χ1v) is 7.31. The van der Waals surface area contributed by atoms with Gasteiger partial charge >= 0.3 is 0 Å². The molecule has 0 unspecified atom stereocenters. The maximum atomic E-state index is 12.4. The van der Waals surface area contributed by atoms with Crippen molar-refractivity contribution in [3.63, 3.8) is 0 Å². The highest BCUT2D eigenvalue weighted by Crippen LogP contribution is 2.16. The molecular weight excluding hydrogens is 292 g/mol. The van der Waals surface area contributed by atoms with Crippen molar-refractivity contribution in [3.05, 3.63) is 76.1 Å². The largest absolute Gasteiger partial charge is 0.396 e. The zero-order valence-electron chi connectivity index (χ0n) is 12.4. The molecule has 3 aromatic rings. The smallest absolute Gasteiger partial charge is 0.261 e. The number of hydrogen-bond acceptors (Lipinski definition) is 3. The van der Waals surface area contributed by atoms with Crippen LogP contribution in [0, 0.1) is 0 Å². The van der Waals surface area contributed by atoms with Gasteiger partial charge in [-0.3, -0.25) is 9.59 Å². The van der Waals surface area contributed by atoms with Crippen LogP contribution in [0.2, 0.25) is 0 Å². The molecule has 0 radical (unpaired) electrons. The number of aliphatic hydroxyl groups is 1. The van der Waals surface area contributed by atoms with Crippen LogP contribution in [0.15, 0.2) is 59.5 Å². The molecule has 0 saturated carbocycles. The standard InChI is InChI=1S/C18H16N2O3/c21-10-9-12-5-1-3-7-15(12)20-18(23)14-11-19-16-8-4-2-6-13(16)17(14)22/h1-8,11,21H,9-10H2,(H,19,22)(H,20,23). The van der Waals surface area contributed by atoms with Gasteiger partial charge in [-0.1, -0.05) is 30.3 Å². The van der Waals surface area contributed by atoms with E-state index in [1.54, 1.807) is 30.3 Å². The molecule has 1 heterocycles. The second-order valence-electron chi connectivity index (χ2n) is 5.16. The number of aliphatic hydroxyl groups excluding tert-OH is 1. The Morgan fingerprint density at radius 2 is 1.83 bits per heavy atom. The van der Waals surface area contributed by atoms with Gasteiger partial charge in [-0.05, 0) is 30.2 Å². The molecule has 3 rings (SSSR count). The van der Waals surface area contributed by atoms with Crippen LogP contribution < -0.4 is 10.7 Å². The summed E-state index contributed by atoms with van der Waals surface area (Å²) in [5.74, 6) is -0.470. The van der Waals surface area contributed by atoms with Crippen LogP contribution in [0.1, 0.15) is 15.9 Å². The van der Waals surface area contributed by atoms with Crippen molar-refractivity contribution in [2.75, 3.05) is 11.9 Å². The monoisotopic (exact) mass is 308 g/mol. The maximum absolute atomic E-state index is 12.4. The van der Waals surface area contributed by atoms with Crippen LogP contribution in [0.4, 0.5) is 5.69 Å². The van der Waals surface area contributed by atoms with Gasteiger partial charge in [-0.15, -0.1) is 0 Å². The van der Waals surface area contributed by atoms with E-state index in [1.807, 2.05) is 18.2 Å². The minimum atomic E-state index is -0.470. The van der Waals surface area contributed by atoms with Crippen molar-refractivity contribution in [2.45, 2.75) is 6.42 Å². The summed E-state index contributed by atoms with van der Waals surface area (Å²) in [5, 5.41) is 12.3. The van der Waals surface area contributed by atoms with Crippen molar-refractivity contribution in [3.8, 4) is 0 Å². The number of pyridine rings is 1. The van der Waals surface area contributed by atoms with Gasteiger partial charge in [-0.2, -0.15) is 0 Å². The fourth-order valence-corrected chi connectivity index (χ4v) is 2.51. The summed E-state index contributed by atoms with van der Waals surface area (Å²) < 4.78 is 0. The van der Waals surface area contributed by atoms with Crippen molar-refractivity contribution in [2.24, 2.45) is 0 Å². The van der Waals surface area contributed by atoms with Crippen LogP contribution in [0.25, 0.3) is 10.9 Å². The molecule has 0 aliphatic rings. The second kappa shape index (κ2) is 6.46. The van der Waals surface area contributed by atoms with Crippen LogP contribution in [-0.2, 0) is 6.42 Å². The molecule has 0 spiro atoms. The summed E-state index contributed by atoms with van der Waals surface area (Å²) in [6, 6.07) is 14.3. The fourth-order valence-electron chi connectivity index (χ4n) is 2.51. The SMILES string of the molecule is O=C(Nc1ccccc1CCO)c1c[nH]c2ccccc2c1=O. The predicted octanol–water partition coefficient (Wildman–Crippen LogP) is 2.32. The summed E-state index contributed by atoms with van der Waals surface area (Å²) in [4.78, 5) is 27.9. The molecule has 23 heavy (non-hydrogen) atoms. The minimum absolute atomic E-state index is 0.0105. The number of hydrogen-bond donors (Lipinski definition) is 3. The lowest BCUT2D eigenvalue weighted by Gasteiger charge is -2.10. The van der Waals surface area contributed by atoms with Crippen molar-refractivity contribution in [1.29, 1.82) is 0 Å². The van der Waals surface area contributed by atoms with Crippen LogP contribution in [0.3, 0.4) is 0 Å². The molecule has 0 atom stereocenters. The Morgan fingerprint density at radius 3 is 2.65 bits per heavy atom. The highest BCUT2D eigenvalue weighted by Gasteiger charge is 2.14. The van der Waals surface area contributed by atoms with Crippen molar-refractivity contribution >= 4 is 22.5 Å². The van der Waals surface area contributed by atoms with E-state index in [4.69, 9.17) is 5.11 Å². The van der Waals surface area contributed by atoms with Crippen molar-refractivity contribution < 1.29 is 9.90 Å². The Morgan fingerprint density at radius 1 is 1.09 bits per heavy atom. The maximum Gasteiger partial charge on any atom is 0.261 e. The molecule has 2 aromatic carbocycles. The Kier molecular flexibility index (Phi) is 4.21. The first-order valence-electron chi connectivity index (χ1n) is 7.31. The zero-order valence-corrected chi connectivity index (χ0v) is 12.4. The molecule has 116 valence electrons. The highest BCUT2D eigenvalue weighted by molar-refractivity contribution is 6.06. The third kappa shape index (κ3) is 3.00. The lowest BCUT2D eigenvalue weighted by atomic mass is 10.1. The molecule has 0 aliphatic heterocycles. The van der Waals surface area contributed by atoms with Gasteiger partial charge in [0.1, 0.15) is 5.56 Å². The molecule has 0 bridgehead atoms. The molecule has 3 N–H and O–H groups in total. The molecular formula is C18H16N2O3. The first-order chi connectivity index (χ1) is 11.2. The summed E-state index contributed by atoms with van der Waals surface area (Å²) in [7, 11) is 0. The number of carbonyl (C=O) groups excluding carboxylic acids is 1. The third-order valence-electron chi connectivity index (χ3n) is 3.68. The number of aromatic nitrogens is 1. The number of nitrogens with one attached hydrogen (secondary N) is 2. The predicted molar refractivity (Wildman–Crippen MR) is 89.8 cm³/mol. The molecule has 1 amide bonds. The molecule has 0 saturated heterocycles. The number of fused-ring (bicyclic) bond motifs is 1. The zero-order chi connectivity index (χ0) is 16.2. The lowest BCUT2D eigenvalue weighted by Crippen LogP contribution is -2.22. The number of amides is 1. The van der Waals surface area contributed by atoms with Gasteiger partial charge in [0, 0.05) is 29.4 Å². The summed E-state index contributed by atoms with van der Waals surface area (Å²) in [6.07, 6.45) is 1.86. The van der Waals surface area contributed by atoms with Gasteiger partial charge < -0.3 is 15.4 Å². The van der Waals surface area contributed by atoms with E-state index in [2.05, 4.69) is 10.3 Å². The number of benzene rings is 2. The van der Waals surface area contributed by atoms with Gasteiger partial charge in [-0.25, -0.2) is 0 Å². The van der Waals surface area contributed by atoms with Gasteiger partial charge in [0.2, 0.25) is 5.43 Å². The van der Waals surface area contributed by atoms with E-state index in [-0.39, 0.29) is 17.6 Å². The number of aromatic amines is 1. The number of para-hydroxylation sites is 2. The highest BCUT2D eigenvalue weighted by atomic mass is 16.3. The van der Waals surface area contributed by atoms with E-state index in [9.17, 15) is 9.59 Å². The van der Waals surface area contributed by atoms with Crippen molar-refractivity contribution in [1.82, 2.24) is 4.98 Å². The summed E-state index contributed by atoms with van der Waals surface area (Å²) >= 11 is 0. The normalized spacial score (nSPS) is 10.7. The minimum Gasteiger partial charge on any atom is -0.396 e. The van der Waals surface area contributed by atoms with E-state index >= 15 is 0 Å². The summed E-state index contributed by atoms with van der Waals surface area (Å²) in [5.41, 5.74) is 1.85.